The Morgan fingerprint density at radius 2 is 2.10 bits per heavy atom. The van der Waals surface area contributed by atoms with Crippen LogP contribution in [0.25, 0.3) is 0 Å². The molecule has 0 heterocycles. The number of nitrogens with zero attached hydrogens (tertiary/aromatic N) is 2. The molecule has 162 valence electrons. The van der Waals surface area contributed by atoms with E-state index in [1.54, 1.807) is 7.11 Å². The first-order valence-corrected chi connectivity index (χ1v) is 11.3. The van der Waals surface area contributed by atoms with Crippen molar-refractivity contribution < 1.29 is 14.9 Å². The van der Waals surface area contributed by atoms with Gasteiger partial charge in [-0.2, -0.15) is 0 Å². The lowest BCUT2D eigenvalue weighted by atomic mass is 9.47. The van der Waals surface area contributed by atoms with Crippen LogP contribution in [0.2, 0.25) is 0 Å². The average Bonchev–Trinajstić information content (AvgIpc) is 2.93. The molecule has 0 aromatic carbocycles. The molecule has 4 aliphatic carbocycles. The van der Waals surface area contributed by atoms with Crippen LogP contribution in [0, 0.1) is 50.5 Å². The number of fused-ring (bicyclic) bond motifs is 5. The predicted octanol–water partition coefficient (Wildman–Crippen LogP) is 4.45. The number of hydrogen-bond acceptors (Lipinski definition) is 5. The maximum Gasteiger partial charge on any atom is 0.207 e. The van der Waals surface area contributed by atoms with Crippen LogP contribution >= 0.6 is 0 Å². The van der Waals surface area contributed by atoms with Crippen LogP contribution < -0.4 is 0 Å². The lowest BCUT2D eigenvalue weighted by Gasteiger charge is -2.58. The summed E-state index contributed by atoms with van der Waals surface area (Å²) in [5.41, 5.74) is 2.62. The number of hydrogen-bond donors (Lipinski definition) is 1. The Bertz CT molecular complexity index is 734. The van der Waals surface area contributed by atoms with Gasteiger partial charge < -0.3 is 9.94 Å². The minimum absolute atomic E-state index is 0.0231. The summed E-state index contributed by atoms with van der Waals surface area (Å²) in [6.07, 6.45) is 9.26. The molecule has 0 unspecified atom stereocenters. The largest absolute Gasteiger partial charge is 0.399 e. The zero-order valence-electron chi connectivity index (χ0n) is 18.3. The number of allylic oxidation sites excluding steroid dienone is 1. The van der Waals surface area contributed by atoms with Gasteiger partial charge in [-0.05, 0) is 80.5 Å². The lowest BCUT2D eigenvalue weighted by Crippen LogP contribution is -2.51. The highest BCUT2D eigenvalue weighted by Crippen LogP contribution is 2.67. The normalized spacial score (nSPS) is 46.9. The minimum atomic E-state index is -0.187. The van der Waals surface area contributed by atoms with Gasteiger partial charge in [0.2, 0.25) is 6.54 Å². The topological polar surface area (TPSA) is 85.0 Å². The second kappa shape index (κ2) is 7.36. The lowest BCUT2D eigenvalue weighted by molar-refractivity contribution is -0.489. The Labute approximate surface area is 173 Å². The molecule has 6 heteroatoms. The molecule has 29 heavy (non-hydrogen) atoms. The second-order valence-electron chi connectivity index (χ2n) is 10.6. The summed E-state index contributed by atoms with van der Waals surface area (Å²) in [4.78, 5) is 16.4. The molecule has 0 radical (unpaired) electrons. The molecule has 0 aliphatic heterocycles. The van der Waals surface area contributed by atoms with Gasteiger partial charge in [0.15, 0.2) is 0 Å². The van der Waals surface area contributed by atoms with E-state index >= 15 is 0 Å². The Balaban J connectivity index is 1.68. The molecule has 3 saturated carbocycles. The maximum absolute atomic E-state index is 11.4. The minimum Gasteiger partial charge on any atom is -0.399 e. The second-order valence-corrected chi connectivity index (χ2v) is 10.6. The van der Waals surface area contributed by atoms with E-state index in [-0.39, 0.29) is 40.2 Å². The SMILES string of the molecule is CO/N=C(\C)[C@H]1[C@H](C[N+](=O)[O-])C[C@@H]2[C@H]3CC=C4C[C@@H](O)CC[C@]4(C)[C@@H]3CC[C@@]21C. The maximum atomic E-state index is 11.4. The summed E-state index contributed by atoms with van der Waals surface area (Å²) >= 11 is 0. The monoisotopic (exact) mass is 404 g/mol. The van der Waals surface area contributed by atoms with Crippen molar-refractivity contribution in [1.82, 2.24) is 0 Å². The van der Waals surface area contributed by atoms with Gasteiger partial charge in [0.05, 0.1) is 11.8 Å². The van der Waals surface area contributed by atoms with Gasteiger partial charge in [-0.15, -0.1) is 0 Å². The van der Waals surface area contributed by atoms with E-state index in [2.05, 4.69) is 25.1 Å². The number of aliphatic hydroxyl groups is 1. The molecule has 0 amide bonds. The van der Waals surface area contributed by atoms with E-state index in [1.165, 1.54) is 12.0 Å². The summed E-state index contributed by atoms with van der Waals surface area (Å²) < 4.78 is 0. The van der Waals surface area contributed by atoms with E-state index in [4.69, 9.17) is 4.84 Å². The fraction of sp³-hybridized carbons (Fsp3) is 0.870. The van der Waals surface area contributed by atoms with Crippen molar-refractivity contribution in [1.29, 1.82) is 0 Å². The van der Waals surface area contributed by atoms with Crippen molar-refractivity contribution in [3.8, 4) is 0 Å². The van der Waals surface area contributed by atoms with Crippen molar-refractivity contribution in [2.75, 3.05) is 13.7 Å². The predicted molar refractivity (Wildman–Crippen MR) is 112 cm³/mol. The third-order valence-electron chi connectivity index (χ3n) is 9.32. The van der Waals surface area contributed by atoms with Gasteiger partial charge >= 0.3 is 0 Å². The van der Waals surface area contributed by atoms with Crippen molar-refractivity contribution in [2.24, 2.45) is 45.6 Å². The van der Waals surface area contributed by atoms with Gasteiger partial charge in [-0.3, -0.25) is 10.1 Å². The Morgan fingerprint density at radius 3 is 2.79 bits per heavy atom. The highest BCUT2D eigenvalue weighted by molar-refractivity contribution is 5.85. The first-order chi connectivity index (χ1) is 13.7. The molecule has 3 fully saturated rings. The van der Waals surface area contributed by atoms with E-state index in [0.717, 1.165) is 44.2 Å². The Kier molecular flexibility index (Phi) is 5.29. The van der Waals surface area contributed by atoms with E-state index in [9.17, 15) is 15.2 Å². The number of oxime groups is 1. The number of aliphatic hydroxyl groups excluding tert-OH is 1. The summed E-state index contributed by atoms with van der Waals surface area (Å²) in [5.74, 6) is 1.84. The fourth-order valence-corrected chi connectivity index (χ4v) is 8.21. The fourth-order valence-electron chi connectivity index (χ4n) is 8.21. The third kappa shape index (κ3) is 3.22. The summed E-state index contributed by atoms with van der Waals surface area (Å²) in [6.45, 7) is 6.79. The Morgan fingerprint density at radius 1 is 1.34 bits per heavy atom. The molecule has 4 rings (SSSR count). The average molecular weight is 405 g/mol. The van der Waals surface area contributed by atoms with Gasteiger partial charge in [0, 0.05) is 16.8 Å². The molecule has 0 spiro atoms. The zero-order chi connectivity index (χ0) is 21.0. The van der Waals surface area contributed by atoms with Crippen LogP contribution in [0.4, 0.5) is 0 Å². The molecule has 6 nitrogen and oxygen atoms in total. The molecule has 1 N–H and O–H groups in total. The molecule has 0 aromatic heterocycles. The van der Waals surface area contributed by atoms with Crippen LogP contribution in [0.15, 0.2) is 16.8 Å². The van der Waals surface area contributed by atoms with Gasteiger partial charge in [0.1, 0.15) is 7.11 Å². The summed E-state index contributed by atoms with van der Waals surface area (Å²) in [6, 6.07) is 0. The number of nitro groups is 1. The van der Waals surface area contributed by atoms with Gasteiger partial charge in [-0.1, -0.05) is 30.7 Å². The van der Waals surface area contributed by atoms with Crippen LogP contribution in [0.1, 0.15) is 65.7 Å². The van der Waals surface area contributed by atoms with Crippen molar-refractivity contribution in [3.05, 3.63) is 21.8 Å². The molecule has 4 aliphatic rings. The number of rotatable bonds is 4. The first-order valence-electron chi connectivity index (χ1n) is 11.3. The van der Waals surface area contributed by atoms with E-state index in [0.29, 0.717) is 17.8 Å². The quantitative estimate of drug-likeness (QED) is 0.325. The van der Waals surface area contributed by atoms with Crippen LogP contribution in [0.3, 0.4) is 0 Å². The third-order valence-corrected chi connectivity index (χ3v) is 9.32. The molecule has 0 saturated heterocycles. The highest BCUT2D eigenvalue weighted by atomic mass is 16.6. The van der Waals surface area contributed by atoms with Crippen molar-refractivity contribution in [3.63, 3.8) is 0 Å². The van der Waals surface area contributed by atoms with Crippen LogP contribution in [-0.4, -0.2) is 35.5 Å². The van der Waals surface area contributed by atoms with Crippen molar-refractivity contribution in [2.45, 2.75) is 71.8 Å². The summed E-state index contributed by atoms with van der Waals surface area (Å²) in [5, 5.41) is 25.9. The van der Waals surface area contributed by atoms with Gasteiger partial charge in [0.25, 0.3) is 0 Å². The summed E-state index contributed by atoms with van der Waals surface area (Å²) in [7, 11) is 1.56. The molecular weight excluding hydrogens is 368 g/mol. The smallest absolute Gasteiger partial charge is 0.207 e. The molecular formula is C23H36N2O4. The van der Waals surface area contributed by atoms with Crippen LogP contribution in [-0.2, 0) is 4.84 Å². The molecule has 0 bridgehead atoms. The highest BCUT2D eigenvalue weighted by Gasteiger charge is 2.62. The Hall–Kier alpha value is -1.43. The first kappa shape index (κ1) is 20.8. The molecule has 8 atom stereocenters. The van der Waals surface area contributed by atoms with E-state index < -0.39 is 0 Å². The van der Waals surface area contributed by atoms with E-state index in [1.807, 2.05) is 6.92 Å². The van der Waals surface area contributed by atoms with Crippen LogP contribution in [0.5, 0.6) is 0 Å². The van der Waals surface area contributed by atoms with Gasteiger partial charge in [-0.25, -0.2) is 0 Å². The molecule has 0 aromatic rings. The van der Waals surface area contributed by atoms with Crippen molar-refractivity contribution >= 4 is 5.71 Å². The zero-order valence-corrected chi connectivity index (χ0v) is 18.3. The standard InChI is InChI=1S/C23H36N2O4/c1-14(24-29-4)21-15(13-25(27)28)11-20-18-6-5-16-12-17(26)7-9-22(16,2)19(18)8-10-23(20,21)3/h5,15,17-21,26H,6-13H2,1-4H3/b24-14+/t15-,17-,18-,19+,20+,21-,22-,23-/m0/s1.